The molecule has 154 valence electrons. The molecule has 3 amide bonds. The predicted molar refractivity (Wildman–Crippen MR) is 111 cm³/mol. The van der Waals surface area contributed by atoms with Gasteiger partial charge in [0, 0.05) is 43.4 Å². The van der Waals surface area contributed by atoms with E-state index in [1.807, 2.05) is 17.0 Å². The van der Waals surface area contributed by atoms with Gasteiger partial charge in [0.1, 0.15) is 0 Å². The van der Waals surface area contributed by atoms with E-state index in [-0.39, 0.29) is 11.9 Å². The molecule has 29 heavy (non-hydrogen) atoms. The van der Waals surface area contributed by atoms with Crippen LogP contribution >= 0.6 is 11.6 Å². The van der Waals surface area contributed by atoms with Crippen LogP contribution in [0.25, 0.3) is 5.69 Å². The molecule has 0 spiro atoms. The van der Waals surface area contributed by atoms with Gasteiger partial charge in [-0.3, -0.25) is 4.79 Å². The number of nitrogens with zero attached hydrogens (tertiary/aromatic N) is 4. The van der Waals surface area contributed by atoms with E-state index < -0.39 is 0 Å². The number of aromatic nitrogens is 2. The number of halogens is 1. The highest BCUT2D eigenvalue weighted by Crippen LogP contribution is 2.18. The number of nitrogens with one attached hydrogen (secondary N) is 1. The SMILES string of the molecule is O=C(NC1CCCCC1)N1CCN(C(=O)c2ccn(-c3cccc(Cl)c3)n2)CC1. The van der Waals surface area contributed by atoms with Crippen molar-refractivity contribution in [3.63, 3.8) is 0 Å². The molecule has 1 aliphatic heterocycles. The van der Waals surface area contributed by atoms with E-state index in [9.17, 15) is 9.59 Å². The van der Waals surface area contributed by atoms with E-state index in [1.165, 1.54) is 19.3 Å². The Hall–Kier alpha value is -2.54. The minimum absolute atomic E-state index is 0.00534. The van der Waals surface area contributed by atoms with E-state index in [0.717, 1.165) is 18.5 Å². The molecule has 0 atom stereocenters. The maximum Gasteiger partial charge on any atom is 0.317 e. The number of hydrogen-bond donors (Lipinski definition) is 1. The molecule has 4 rings (SSSR count). The average Bonchev–Trinajstić information content (AvgIpc) is 3.24. The minimum Gasteiger partial charge on any atom is -0.335 e. The molecule has 7 nitrogen and oxygen atoms in total. The van der Waals surface area contributed by atoms with Crippen LogP contribution in [0.15, 0.2) is 36.5 Å². The first-order chi connectivity index (χ1) is 14.1. The molecule has 1 N–H and O–H groups in total. The summed E-state index contributed by atoms with van der Waals surface area (Å²) in [6, 6.07) is 9.33. The molecule has 0 radical (unpaired) electrons. The van der Waals surface area contributed by atoms with Crippen molar-refractivity contribution in [2.24, 2.45) is 0 Å². The number of carbonyl (C=O) groups is 2. The molecule has 1 saturated heterocycles. The second-order valence-corrected chi connectivity index (χ2v) is 8.13. The fraction of sp³-hybridized carbons (Fsp3) is 0.476. The Morgan fingerprint density at radius 2 is 1.72 bits per heavy atom. The zero-order chi connectivity index (χ0) is 20.2. The van der Waals surface area contributed by atoms with Crippen LogP contribution in [-0.4, -0.2) is 63.7 Å². The lowest BCUT2D eigenvalue weighted by molar-refractivity contribution is 0.0656. The molecule has 1 aromatic heterocycles. The largest absolute Gasteiger partial charge is 0.335 e. The smallest absolute Gasteiger partial charge is 0.317 e. The first-order valence-electron chi connectivity index (χ1n) is 10.3. The predicted octanol–water partition coefficient (Wildman–Crippen LogP) is 3.33. The second-order valence-electron chi connectivity index (χ2n) is 7.69. The van der Waals surface area contributed by atoms with Crippen LogP contribution in [0.4, 0.5) is 4.79 Å². The zero-order valence-corrected chi connectivity index (χ0v) is 17.1. The van der Waals surface area contributed by atoms with Crippen molar-refractivity contribution in [2.75, 3.05) is 26.2 Å². The molecule has 1 aromatic carbocycles. The van der Waals surface area contributed by atoms with Crippen molar-refractivity contribution in [3.8, 4) is 5.69 Å². The van der Waals surface area contributed by atoms with Gasteiger partial charge < -0.3 is 15.1 Å². The monoisotopic (exact) mass is 415 g/mol. The van der Waals surface area contributed by atoms with E-state index >= 15 is 0 Å². The average molecular weight is 416 g/mol. The molecule has 2 aromatic rings. The number of urea groups is 1. The zero-order valence-electron chi connectivity index (χ0n) is 16.4. The van der Waals surface area contributed by atoms with Gasteiger partial charge in [-0.25, -0.2) is 9.48 Å². The number of piperazine rings is 1. The summed E-state index contributed by atoms with van der Waals surface area (Å²) in [5.74, 6) is -0.113. The van der Waals surface area contributed by atoms with Gasteiger partial charge in [0.25, 0.3) is 5.91 Å². The van der Waals surface area contributed by atoms with Crippen LogP contribution in [-0.2, 0) is 0 Å². The molecule has 1 saturated carbocycles. The molecular formula is C21H26ClN5O2. The molecule has 0 unspecified atom stereocenters. The normalized spacial score (nSPS) is 18.0. The Balaban J connectivity index is 1.31. The van der Waals surface area contributed by atoms with Crippen molar-refractivity contribution in [3.05, 3.63) is 47.2 Å². The number of carbonyl (C=O) groups excluding carboxylic acids is 2. The summed E-state index contributed by atoms with van der Waals surface area (Å²) in [6.07, 6.45) is 7.54. The van der Waals surface area contributed by atoms with Gasteiger partial charge in [0.2, 0.25) is 0 Å². The van der Waals surface area contributed by atoms with Crippen LogP contribution in [0.1, 0.15) is 42.6 Å². The van der Waals surface area contributed by atoms with E-state index in [2.05, 4.69) is 10.4 Å². The summed E-state index contributed by atoms with van der Waals surface area (Å²) in [5, 5.41) is 8.17. The van der Waals surface area contributed by atoms with E-state index in [4.69, 9.17) is 11.6 Å². The molecule has 2 fully saturated rings. The Morgan fingerprint density at radius 3 is 2.45 bits per heavy atom. The molecular weight excluding hydrogens is 390 g/mol. The van der Waals surface area contributed by atoms with Gasteiger partial charge in [0.15, 0.2) is 5.69 Å². The van der Waals surface area contributed by atoms with E-state index in [0.29, 0.717) is 42.9 Å². The van der Waals surface area contributed by atoms with Gasteiger partial charge in [-0.1, -0.05) is 36.9 Å². The second kappa shape index (κ2) is 8.86. The topological polar surface area (TPSA) is 70.5 Å². The number of amides is 3. The lowest BCUT2D eigenvalue weighted by Gasteiger charge is -2.35. The van der Waals surface area contributed by atoms with Crippen molar-refractivity contribution in [1.29, 1.82) is 0 Å². The maximum absolute atomic E-state index is 12.8. The van der Waals surface area contributed by atoms with E-state index in [1.54, 1.807) is 34.0 Å². The molecule has 8 heteroatoms. The first-order valence-corrected chi connectivity index (χ1v) is 10.6. The highest BCUT2D eigenvalue weighted by atomic mass is 35.5. The van der Waals surface area contributed by atoms with Gasteiger partial charge >= 0.3 is 6.03 Å². The summed E-state index contributed by atoms with van der Waals surface area (Å²) in [7, 11) is 0. The van der Waals surface area contributed by atoms with Crippen molar-refractivity contribution < 1.29 is 9.59 Å². The van der Waals surface area contributed by atoms with Crippen LogP contribution < -0.4 is 5.32 Å². The third kappa shape index (κ3) is 4.72. The maximum atomic E-state index is 12.8. The van der Waals surface area contributed by atoms with Crippen LogP contribution in [0.2, 0.25) is 5.02 Å². The fourth-order valence-corrected chi connectivity index (χ4v) is 4.17. The van der Waals surface area contributed by atoms with Crippen LogP contribution in [0, 0.1) is 0 Å². The highest BCUT2D eigenvalue weighted by Gasteiger charge is 2.27. The molecule has 1 aliphatic carbocycles. The Bertz CT molecular complexity index is 869. The quantitative estimate of drug-likeness (QED) is 0.835. The number of benzene rings is 1. The summed E-state index contributed by atoms with van der Waals surface area (Å²) < 4.78 is 1.65. The van der Waals surface area contributed by atoms with Crippen molar-refractivity contribution in [1.82, 2.24) is 24.9 Å². The molecule has 0 bridgehead atoms. The van der Waals surface area contributed by atoms with Gasteiger partial charge in [0.05, 0.1) is 5.69 Å². The summed E-state index contributed by atoms with van der Waals surface area (Å²) in [6.45, 7) is 2.11. The Labute approximate surface area is 175 Å². The third-order valence-corrected chi connectivity index (χ3v) is 5.90. The number of hydrogen-bond acceptors (Lipinski definition) is 3. The van der Waals surface area contributed by atoms with Gasteiger partial charge in [-0.15, -0.1) is 0 Å². The molecule has 2 aliphatic rings. The lowest BCUT2D eigenvalue weighted by Crippen LogP contribution is -2.54. The molecule has 2 heterocycles. The van der Waals surface area contributed by atoms with Crippen LogP contribution in [0.3, 0.4) is 0 Å². The standard InChI is InChI=1S/C21H26ClN5O2/c22-16-5-4-8-18(15-16)27-10-9-19(24-27)20(28)25-11-13-26(14-12-25)21(29)23-17-6-2-1-3-7-17/h4-5,8-10,15,17H,1-3,6-7,11-14H2,(H,23,29). The van der Waals surface area contributed by atoms with Gasteiger partial charge in [-0.05, 0) is 37.1 Å². The summed E-state index contributed by atoms with van der Waals surface area (Å²) in [5.41, 5.74) is 1.20. The van der Waals surface area contributed by atoms with Crippen molar-refractivity contribution >= 4 is 23.5 Å². The highest BCUT2D eigenvalue weighted by molar-refractivity contribution is 6.30. The lowest BCUT2D eigenvalue weighted by atomic mass is 9.96. The summed E-state index contributed by atoms with van der Waals surface area (Å²) >= 11 is 6.03. The van der Waals surface area contributed by atoms with Crippen LogP contribution in [0.5, 0.6) is 0 Å². The third-order valence-electron chi connectivity index (χ3n) is 5.67. The van der Waals surface area contributed by atoms with Crippen molar-refractivity contribution in [2.45, 2.75) is 38.1 Å². The minimum atomic E-state index is -0.113. The summed E-state index contributed by atoms with van der Waals surface area (Å²) in [4.78, 5) is 28.9. The fourth-order valence-electron chi connectivity index (χ4n) is 3.99. The Kier molecular flexibility index (Phi) is 6.04. The first kappa shape index (κ1) is 19.8. The Morgan fingerprint density at radius 1 is 1.00 bits per heavy atom. The van der Waals surface area contributed by atoms with Gasteiger partial charge in [-0.2, -0.15) is 5.10 Å². The number of rotatable bonds is 3.